The smallest absolute Gasteiger partial charge is 0.126 e. The second-order valence-electron chi connectivity index (χ2n) is 2.51. The third-order valence-electron chi connectivity index (χ3n) is 1.77. The third-order valence-corrected chi connectivity index (χ3v) is 2.33. The number of phenols is 1. The van der Waals surface area contributed by atoms with Gasteiger partial charge in [0.15, 0.2) is 0 Å². The van der Waals surface area contributed by atoms with Crippen molar-refractivity contribution in [3.05, 3.63) is 23.9 Å². The summed E-state index contributed by atoms with van der Waals surface area (Å²) in [6, 6.07) is 5.29. The molecule has 0 bridgehead atoms. The molecule has 1 aromatic heterocycles. The number of nitrogens with zero attached hydrogens (tertiary/aromatic N) is 1. The standard InChI is InChI=1S/C8H7BrN2O/c9-4-6-8-5(10-11-6)2-1-3-7(8)12/h1-3,12H,4H2,(H,10,11). The Morgan fingerprint density at radius 3 is 3.08 bits per heavy atom. The van der Waals surface area contributed by atoms with E-state index < -0.39 is 0 Å². The Morgan fingerprint density at radius 1 is 1.50 bits per heavy atom. The van der Waals surface area contributed by atoms with Crippen LogP contribution in [0.4, 0.5) is 0 Å². The van der Waals surface area contributed by atoms with Crippen LogP contribution >= 0.6 is 15.9 Å². The number of hydrogen-bond acceptors (Lipinski definition) is 2. The van der Waals surface area contributed by atoms with Crippen LogP contribution in [-0.4, -0.2) is 15.3 Å². The van der Waals surface area contributed by atoms with Crippen LogP contribution in [0.2, 0.25) is 0 Å². The van der Waals surface area contributed by atoms with Gasteiger partial charge >= 0.3 is 0 Å². The molecule has 4 heteroatoms. The van der Waals surface area contributed by atoms with E-state index in [0.29, 0.717) is 5.33 Å². The van der Waals surface area contributed by atoms with E-state index in [1.54, 1.807) is 12.1 Å². The number of alkyl halides is 1. The monoisotopic (exact) mass is 226 g/mol. The van der Waals surface area contributed by atoms with Gasteiger partial charge in [0.2, 0.25) is 0 Å². The maximum atomic E-state index is 9.49. The van der Waals surface area contributed by atoms with Gasteiger partial charge < -0.3 is 5.11 Å². The van der Waals surface area contributed by atoms with Crippen molar-refractivity contribution in [1.82, 2.24) is 10.2 Å². The highest BCUT2D eigenvalue weighted by atomic mass is 79.9. The molecule has 0 aliphatic carbocycles. The summed E-state index contributed by atoms with van der Waals surface area (Å²) in [7, 11) is 0. The second kappa shape index (κ2) is 2.79. The van der Waals surface area contributed by atoms with Gasteiger partial charge in [-0.15, -0.1) is 0 Å². The van der Waals surface area contributed by atoms with Crippen LogP contribution < -0.4 is 0 Å². The number of aromatic amines is 1. The molecule has 0 fully saturated rings. The fraction of sp³-hybridized carbons (Fsp3) is 0.125. The number of halogens is 1. The molecule has 2 rings (SSSR count). The molecule has 3 nitrogen and oxygen atoms in total. The number of aromatic nitrogens is 2. The van der Waals surface area contributed by atoms with Crippen LogP contribution in [-0.2, 0) is 5.33 Å². The van der Waals surface area contributed by atoms with Gasteiger partial charge in [-0.3, -0.25) is 5.10 Å². The number of fused-ring (bicyclic) bond motifs is 1. The summed E-state index contributed by atoms with van der Waals surface area (Å²) in [5.41, 5.74) is 1.70. The van der Waals surface area contributed by atoms with Gasteiger partial charge in [0, 0.05) is 5.33 Å². The molecule has 0 radical (unpaired) electrons. The maximum absolute atomic E-state index is 9.49. The zero-order valence-corrected chi connectivity index (χ0v) is 7.80. The predicted molar refractivity (Wildman–Crippen MR) is 50.4 cm³/mol. The van der Waals surface area contributed by atoms with E-state index in [1.807, 2.05) is 6.07 Å². The van der Waals surface area contributed by atoms with Crippen LogP contribution in [0, 0.1) is 0 Å². The summed E-state index contributed by atoms with van der Waals surface area (Å²) in [5.74, 6) is 0.274. The zero-order valence-electron chi connectivity index (χ0n) is 6.21. The first-order valence-electron chi connectivity index (χ1n) is 3.54. The summed E-state index contributed by atoms with van der Waals surface area (Å²) in [6.07, 6.45) is 0. The van der Waals surface area contributed by atoms with Gasteiger partial charge in [-0.2, -0.15) is 5.10 Å². The number of nitrogens with one attached hydrogen (secondary N) is 1. The molecular weight excluding hydrogens is 220 g/mol. The minimum absolute atomic E-state index is 0.274. The Labute approximate surface area is 77.5 Å². The van der Waals surface area contributed by atoms with Crippen molar-refractivity contribution in [2.45, 2.75) is 5.33 Å². The van der Waals surface area contributed by atoms with Gasteiger partial charge in [-0.1, -0.05) is 22.0 Å². The maximum Gasteiger partial charge on any atom is 0.126 e. The van der Waals surface area contributed by atoms with Gasteiger partial charge in [0.1, 0.15) is 5.75 Å². The summed E-state index contributed by atoms with van der Waals surface area (Å²) >= 11 is 3.31. The molecule has 0 saturated heterocycles. The molecule has 0 aliphatic rings. The van der Waals surface area contributed by atoms with E-state index in [4.69, 9.17) is 0 Å². The Bertz CT molecular complexity index is 410. The first-order chi connectivity index (χ1) is 5.83. The molecule has 0 amide bonds. The number of hydrogen-bond donors (Lipinski definition) is 2. The topological polar surface area (TPSA) is 48.9 Å². The van der Waals surface area contributed by atoms with Crippen molar-refractivity contribution >= 4 is 26.8 Å². The lowest BCUT2D eigenvalue weighted by Crippen LogP contribution is -1.76. The molecule has 62 valence electrons. The molecule has 0 unspecified atom stereocenters. The van der Waals surface area contributed by atoms with Gasteiger partial charge in [0.05, 0.1) is 16.6 Å². The van der Waals surface area contributed by atoms with E-state index in [1.165, 1.54) is 0 Å². The van der Waals surface area contributed by atoms with Crippen molar-refractivity contribution in [3.8, 4) is 5.75 Å². The zero-order chi connectivity index (χ0) is 8.55. The molecule has 0 spiro atoms. The number of phenolic OH excluding ortho intramolecular Hbond substituents is 1. The number of H-pyrrole nitrogens is 1. The lowest BCUT2D eigenvalue weighted by atomic mass is 10.2. The van der Waals surface area contributed by atoms with Gasteiger partial charge in [-0.25, -0.2) is 0 Å². The van der Waals surface area contributed by atoms with Crippen LogP contribution in [0.25, 0.3) is 10.9 Å². The van der Waals surface area contributed by atoms with E-state index in [-0.39, 0.29) is 5.75 Å². The summed E-state index contributed by atoms with van der Waals surface area (Å²) in [6.45, 7) is 0. The normalized spacial score (nSPS) is 10.8. The lowest BCUT2D eigenvalue weighted by molar-refractivity contribution is 0.481. The van der Waals surface area contributed by atoms with Crippen molar-refractivity contribution in [2.24, 2.45) is 0 Å². The molecule has 1 aromatic carbocycles. The molecule has 1 heterocycles. The third kappa shape index (κ3) is 0.992. The van der Waals surface area contributed by atoms with E-state index in [0.717, 1.165) is 16.6 Å². The Kier molecular flexibility index (Phi) is 1.77. The van der Waals surface area contributed by atoms with E-state index in [9.17, 15) is 5.11 Å². The predicted octanol–water partition coefficient (Wildman–Crippen LogP) is 2.16. The minimum Gasteiger partial charge on any atom is -0.507 e. The fourth-order valence-corrected chi connectivity index (χ4v) is 1.62. The molecule has 0 saturated carbocycles. The largest absolute Gasteiger partial charge is 0.507 e. The Morgan fingerprint density at radius 2 is 2.33 bits per heavy atom. The molecule has 2 aromatic rings. The van der Waals surface area contributed by atoms with Crippen LogP contribution in [0.3, 0.4) is 0 Å². The van der Waals surface area contributed by atoms with Crippen LogP contribution in [0.5, 0.6) is 5.75 Å². The second-order valence-corrected chi connectivity index (χ2v) is 3.07. The van der Waals surface area contributed by atoms with E-state index in [2.05, 4.69) is 26.1 Å². The van der Waals surface area contributed by atoms with Crippen molar-refractivity contribution in [1.29, 1.82) is 0 Å². The van der Waals surface area contributed by atoms with Crippen molar-refractivity contribution in [2.75, 3.05) is 0 Å². The van der Waals surface area contributed by atoms with Gasteiger partial charge in [0.25, 0.3) is 0 Å². The van der Waals surface area contributed by atoms with Crippen molar-refractivity contribution in [3.63, 3.8) is 0 Å². The highest BCUT2D eigenvalue weighted by molar-refractivity contribution is 9.08. The molecule has 12 heavy (non-hydrogen) atoms. The fourth-order valence-electron chi connectivity index (χ4n) is 1.21. The number of rotatable bonds is 1. The van der Waals surface area contributed by atoms with Crippen molar-refractivity contribution < 1.29 is 5.11 Å². The molecule has 0 aliphatic heterocycles. The van der Waals surface area contributed by atoms with Gasteiger partial charge in [-0.05, 0) is 12.1 Å². The number of benzene rings is 1. The highest BCUT2D eigenvalue weighted by Crippen LogP contribution is 2.26. The van der Waals surface area contributed by atoms with E-state index >= 15 is 0 Å². The molecular formula is C8H7BrN2O. The summed E-state index contributed by atoms with van der Waals surface area (Å²) in [4.78, 5) is 0. The highest BCUT2D eigenvalue weighted by Gasteiger charge is 2.06. The average Bonchev–Trinajstić information content (AvgIpc) is 2.49. The van der Waals surface area contributed by atoms with Crippen LogP contribution in [0.15, 0.2) is 18.2 Å². The quantitative estimate of drug-likeness (QED) is 0.733. The molecule has 0 atom stereocenters. The number of aromatic hydroxyl groups is 1. The average molecular weight is 227 g/mol. The SMILES string of the molecule is Oc1cccc2n[nH]c(CBr)c12. The molecule has 2 N–H and O–H groups in total. The Hall–Kier alpha value is -1.03. The minimum atomic E-state index is 0.274. The first-order valence-corrected chi connectivity index (χ1v) is 4.66. The van der Waals surface area contributed by atoms with Crippen LogP contribution in [0.1, 0.15) is 5.69 Å². The lowest BCUT2D eigenvalue weighted by Gasteiger charge is -1.94. The summed E-state index contributed by atoms with van der Waals surface area (Å²) < 4.78 is 0. The summed E-state index contributed by atoms with van der Waals surface area (Å²) in [5, 5.41) is 17.8. The first kappa shape index (κ1) is 7.61. The Balaban J connectivity index is 2.83.